The lowest BCUT2D eigenvalue weighted by Gasteiger charge is -2.32. The fourth-order valence-corrected chi connectivity index (χ4v) is 5.58. The number of hydrogen-bond donors (Lipinski definition) is 1. The molecule has 0 heterocycles. The number of rotatable bonds is 11. The van der Waals surface area contributed by atoms with Crippen LogP contribution in [0.1, 0.15) is 50.2 Å². The Morgan fingerprint density at radius 3 is 2.34 bits per heavy atom. The van der Waals surface area contributed by atoms with Gasteiger partial charge in [-0.25, -0.2) is 0 Å². The van der Waals surface area contributed by atoms with Crippen LogP contribution in [0.15, 0.2) is 42.5 Å². The van der Waals surface area contributed by atoms with Crippen molar-refractivity contribution in [2.24, 2.45) is 0 Å². The van der Waals surface area contributed by atoms with E-state index in [1.54, 1.807) is 35.2 Å². The van der Waals surface area contributed by atoms with Crippen LogP contribution >= 0.6 is 35.0 Å². The minimum atomic E-state index is -0.643. The van der Waals surface area contributed by atoms with E-state index < -0.39 is 11.0 Å². The predicted molar refractivity (Wildman–Crippen MR) is 141 cm³/mol. The van der Waals surface area contributed by atoms with Crippen molar-refractivity contribution in [2.45, 2.75) is 63.4 Å². The number of nitro benzene ring substituents is 1. The van der Waals surface area contributed by atoms with Gasteiger partial charge in [-0.05, 0) is 37.0 Å². The van der Waals surface area contributed by atoms with Gasteiger partial charge in [0.2, 0.25) is 11.8 Å². The van der Waals surface area contributed by atoms with Crippen molar-refractivity contribution < 1.29 is 14.5 Å². The van der Waals surface area contributed by atoms with Crippen molar-refractivity contribution in [3.8, 4) is 0 Å². The number of carbonyl (C=O) groups excluding carboxylic acids is 2. The van der Waals surface area contributed by atoms with Crippen molar-refractivity contribution in [2.75, 3.05) is 5.75 Å². The molecular weight excluding hydrogens is 509 g/mol. The molecule has 2 amide bonds. The van der Waals surface area contributed by atoms with Gasteiger partial charge in [-0.3, -0.25) is 19.7 Å². The van der Waals surface area contributed by atoms with E-state index in [2.05, 4.69) is 5.32 Å². The molecule has 2 aromatic carbocycles. The zero-order valence-corrected chi connectivity index (χ0v) is 21.9. The summed E-state index contributed by atoms with van der Waals surface area (Å²) in [4.78, 5) is 38.5. The Kier molecular flexibility index (Phi) is 10.2. The highest BCUT2D eigenvalue weighted by Crippen LogP contribution is 2.28. The highest BCUT2D eigenvalue weighted by Gasteiger charge is 2.31. The second-order valence-electron chi connectivity index (χ2n) is 8.55. The molecule has 10 heteroatoms. The number of thioether (sulfide) groups is 1. The summed E-state index contributed by atoms with van der Waals surface area (Å²) in [6, 6.07) is 10.9. The van der Waals surface area contributed by atoms with Gasteiger partial charge in [0.15, 0.2) is 0 Å². The van der Waals surface area contributed by atoms with E-state index in [0.717, 1.165) is 31.2 Å². The molecule has 1 atom stereocenters. The summed E-state index contributed by atoms with van der Waals surface area (Å²) >= 11 is 14.2. The number of nitrogens with one attached hydrogen (secondary N) is 1. The summed E-state index contributed by atoms with van der Waals surface area (Å²) in [6.45, 7) is 2.02. The third kappa shape index (κ3) is 7.59. The molecule has 1 aliphatic carbocycles. The number of benzene rings is 2. The van der Waals surface area contributed by atoms with Crippen LogP contribution in [0.2, 0.25) is 10.0 Å². The van der Waals surface area contributed by atoms with Gasteiger partial charge in [0.1, 0.15) is 6.04 Å². The standard InChI is InChI=1S/C25H29Cl2N3O4S/c1-2-23(25(32)28-18-6-3-4-7-18)29(14-20-21(26)8-5-9-22(20)27)24(31)16-35-15-17-10-12-19(13-11-17)30(33)34/h5,8-13,18,23H,2-4,6-7,14-16H2,1H3,(H,28,32)/t23-/m0/s1. The lowest BCUT2D eigenvalue weighted by Crippen LogP contribution is -2.51. The van der Waals surface area contributed by atoms with Crippen molar-refractivity contribution >= 4 is 52.5 Å². The summed E-state index contributed by atoms with van der Waals surface area (Å²) in [5.41, 5.74) is 1.51. The van der Waals surface area contributed by atoms with E-state index in [4.69, 9.17) is 23.2 Å². The Morgan fingerprint density at radius 1 is 1.14 bits per heavy atom. The number of halogens is 2. The molecular formula is C25H29Cl2N3O4S. The van der Waals surface area contributed by atoms with Crippen molar-refractivity contribution in [3.63, 3.8) is 0 Å². The highest BCUT2D eigenvalue weighted by atomic mass is 35.5. The molecule has 1 fully saturated rings. The zero-order chi connectivity index (χ0) is 25.4. The Bertz CT molecular complexity index is 1030. The van der Waals surface area contributed by atoms with Gasteiger partial charge in [-0.15, -0.1) is 11.8 Å². The molecule has 0 radical (unpaired) electrons. The monoisotopic (exact) mass is 537 g/mol. The highest BCUT2D eigenvalue weighted by molar-refractivity contribution is 7.99. The van der Waals surface area contributed by atoms with Crippen molar-refractivity contribution in [3.05, 3.63) is 73.8 Å². The number of nitro groups is 1. The average Bonchev–Trinajstić information content (AvgIpc) is 3.34. The average molecular weight is 538 g/mol. The number of carbonyl (C=O) groups is 2. The zero-order valence-electron chi connectivity index (χ0n) is 19.5. The summed E-state index contributed by atoms with van der Waals surface area (Å²) in [5.74, 6) is 0.305. The maximum atomic E-state index is 13.4. The normalized spacial score (nSPS) is 14.5. The van der Waals surface area contributed by atoms with E-state index in [1.165, 1.54) is 23.9 Å². The van der Waals surface area contributed by atoms with Crippen molar-refractivity contribution in [1.29, 1.82) is 0 Å². The van der Waals surface area contributed by atoms with Crippen molar-refractivity contribution in [1.82, 2.24) is 10.2 Å². The van der Waals surface area contributed by atoms with E-state index in [-0.39, 0.29) is 35.8 Å². The van der Waals surface area contributed by atoms with Crippen LogP contribution in [0.25, 0.3) is 0 Å². The number of nitrogens with zero attached hydrogens (tertiary/aromatic N) is 2. The Hall–Kier alpha value is -2.29. The summed E-state index contributed by atoms with van der Waals surface area (Å²) in [7, 11) is 0. The second-order valence-corrected chi connectivity index (χ2v) is 10.4. The second kappa shape index (κ2) is 13.1. The maximum Gasteiger partial charge on any atom is 0.269 e. The first-order valence-corrected chi connectivity index (χ1v) is 13.5. The number of hydrogen-bond acceptors (Lipinski definition) is 5. The molecule has 7 nitrogen and oxygen atoms in total. The van der Waals surface area contributed by atoms with Crippen LogP contribution in [-0.4, -0.2) is 39.5 Å². The SMILES string of the molecule is CC[C@@H](C(=O)NC1CCCC1)N(Cc1c(Cl)cccc1Cl)C(=O)CSCc1ccc([N+](=O)[O-])cc1. The maximum absolute atomic E-state index is 13.4. The van der Waals surface area contributed by atoms with E-state index in [1.807, 2.05) is 6.92 Å². The molecule has 35 heavy (non-hydrogen) atoms. The van der Waals surface area contributed by atoms with E-state index in [9.17, 15) is 19.7 Å². The lowest BCUT2D eigenvalue weighted by molar-refractivity contribution is -0.384. The molecule has 1 saturated carbocycles. The lowest BCUT2D eigenvalue weighted by atomic mass is 10.1. The quantitative estimate of drug-likeness (QED) is 0.280. The molecule has 0 unspecified atom stereocenters. The van der Waals surface area contributed by atoms with Crippen LogP contribution in [0, 0.1) is 10.1 Å². The first kappa shape index (κ1) is 27.3. The Balaban J connectivity index is 1.73. The fourth-order valence-electron chi connectivity index (χ4n) is 4.19. The molecule has 188 valence electrons. The molecule has 2 aromatic rings. The first-order chi connectivity index (χ1) is 16.8. The van der Waals surface area contributed by atoms with Gasteiger partial charge in [0.25, 0.3) is 5.69 Å². The van der Waals surface area contributed by atoms with Gasteiger partial charge in [-0.2, -0.15) is 0 Å². The van der Waals surface area contributed by atoms with Crippen LogP contribution in [0.3, 0.4) is 0 Å². The van der Waals surface area contributed by atoms with Gasteiger partial charge >= 0.3 is 0 Å². The van der Waals surface area contributed by atoms with Crippen LogP contribution in [0.5, 0.6) is 0 Å². The molecule has 0 aromatic heterocycles. The Morgan fingerprint density at radius 2 is 1.77 bits per heavy atom. The third-order valence-electron chi connectivity index (χ3n) is 6.12. The molecule has 3 rings (SSSR count). The molecule has 0 aliphatic heterocycles. The number of amides is 2. The first-order valence-electron chi connectivity index (χ1n) is 11.6. The summed E-state index contributed by atoms with van der Waals surface area (Å²) in [5, 5.41) is 14.8. The predicted octanol–water partition coefficient (Wildman–Crippen LogP) is 6.00. The molecule has 0 bridgehead atoms. The van der Waals surface area contributed by atoms with Crippen LogP contribution < -0.4 is 5.32 Å². The largest absolute Gasteiger partial charge is 0.352 e. The van der Waals surface area contributed by atoms with Crippen LogP contribution in [0.4, 0.5) is 5.69 Å². The summed E-state index contributed by atoms with van der Waals surface area (Å²) < 4.78 is 0. The van der Waals surface area contributed by atoms with E-state index in [0.29, 0.717) is 27.8 Å². The third-order valence-corrected chi connectivity index (χ3v) is 7.82. The van der Waals surface area contributed by atoms with E-state index >= 15 is 0 Å². The van der Waals surface area contributed by atoms with Gasteiger partial charge in [0.05, 0.1) is 10.7 Å². The van der Waals surface area contributed by atoms with Gasteiger partial charge < -0.3 is 10.2 Å². The molecule has 1 N–H and O–H groups in total. The molecule has 0 saturated heterocycles. The van der Waals surface area contributed by atoms with Crippen LogP contribution in [-0.2, 0) is 21.9 Å². The minimum absolute atomic E-state index is 0.0247. The minimum Gasteiger partial charge on any atom is -0.352 e. The smallest absolute Gasteiger partial charge is 0.269 e. The molecule has 0 spiro atoms. The van der Waals surface area contributed by atoms with Gasteiger partial charge in [0, 0.05) is 46.1 Å². The fraction of sp³-hybridized carbons (Fsp3) is 0.440. The van der Waals surface area contributed by atoms with Gasteiger partial charge in [-0.1, -0.05) is 61.2 Å². The molecule has 1 aliphatic rings. The Labute approximate surface area is 219 Å². The topological polar surface area (TPSA) is 92.6 Å². The summed E-state index contributed by atoms with van der Waals surface area (Å²) in [6.07, 6.45) is 4.56. The number of non-ortho nitro benzene ring substituents is 1.